The van der Waals surface area contributed by atoms with Gasteiger partial charge in [0, 0.05) is 21.5 Å². The van der Waals surface area contributed by atoms with Gasteiger partial charge in [0.05, 0.1) is 16.3 Å². The van der Waals surface area contributed by atoms with E-state index < -0.39 is 5.60 Å². The van der Waals surface area contributed by atoms with Crippen LogP contribution in [0.15, 0.2) is 52.7 Å². The first-order valence-corrected chi connectivity index (χ1v) is 10.7. The van der Waals surface area contributed by atoms with Gasteiger partial charge in [-0.1, -0.05) is 23.7 Å². The molecule has 3 aromatic rings. The summed E-state index contributed by atoms with van der Waals surface area (Å²) in [7, 11) is 0. The number of thiazole rings is 1. The van der Waals surface area contributed by atoms with Crippen LogP contribution in [0.3, 0.4) is 0 Å². The van der Waals surface area contributed by atoms with Gasteiger partial charge in [0.1, 0.15) is 10.6 Å². The van der Waals surface area contributed by atoms with Gasteiger partial charge < -0.3 is 10.4 Å². The zero-order valence-corrected chi connectivity index (χ0v) is 17.5. The van der Waals surface area contributed by atoms with Gasteiger partial charge in [-0.3, -0.25) is 4.79 Å². The SMILES string of the molecule is CSc1ccc(C(=O)Nc2ccc(-c3csc(C(C)(C)O)n3)cc2)c(Cl)c1. The molecule has 0 saturated heterocycles. The summed E-state index contributed by atoms with van der Waals surface area (Å²) in [6.07, 6.45) is 1.96. The standard InChI is InChI=1S/C20H19ClN2O2S2/c1-20(2,25)19-23-17(11-27-19)12-4-6-13(7-5-12)22-18(24)15-9-8-14(26-3)10-16(15)21/h4-11,25H,1-3H3,(H,22,24). The normalized spacial score (nSPS) is 11.4. The number of thioether (sulfide) groups is 1. The van der Waals surface area contributed by atoms with Crippen molar-refractivity contribution in [2.24, 2.45) is 0 Å². The minimum absolute atomic E-state index is 0.252. The van der Waals surface area contributed by atoms with Crippen molar-refractivity contribution in [2.45, 2.75) is 24.3 Å². The fourth-order valence-corrected chi connectivity index (χ4v) is 4.04. The van der Waals surface area contributed by atoms with E-state index in [1.807, 2.05) is 42.0 Å². The van der Waals surface area contributed by atoms with Gasteiger partial charge in [0.2, 0.25) is 0 Å². The third-order valence-electron chi connectivity index (χ3n) is 3.89. The molecule has 0 atom stereocenters. The van der Waals surface area contributed by atoms with Gasteiger partial charge in [-0.2, -0.15) is 0 Å². The summed E-state index contributed by atoms with van der Waals surface area (Å²) < 4.78 is 0. The first kappa shape index (κ1) is 19.9. The van der Waals surface area contributed by atoms with Crippen LogP contribution >= 0.6 is 34.7 Å². The number of anilines is 1. The Hall–Kier alpha value is -1.86. The molecule has 3 rings (SSSR count). The van der Waals surface area contributed by atoms with Crippen LogP contribution in [-0.2, 0) is 5.60 Å². The van der Waals surface area contributed by atoms with E-state index in [4.69, 9.17) is 11.6 Å². The second kappa shape index (κ2) is 8.02. The number of nitrogens with zero attached hydrogens (tertiary/aromatic N) is 1. The minimum atomic E-state index is -0.956. The number of aliphatic hydroxyl groups is 1. The number of hydrogen-bond acceptors (Lipinski definition) is 5. The summed E-state index contributed by atoms with van der Waals surface area (Å²) in [6.45, 7) is 3.43. The topological polar surface area (TPSA) is 62.2 Å². The van der Waals surface area contributed by atoms with Crippen molar-refractivity contribution >= 4 is 46.3 Å². The lowest BCUT2D eigenvalue weighted by Gasteiger charge is -2.12. The molecule has 0 radical (unpaired) electrons. The Kier molecular flexibility index (Phi) is 5.91. The molecule has 0 bridgehead atoms. The number of rotatable bonds is 5. The molecule has 0 spiro atoms. The van der Waals surface area contributed by atoms with E-state index >= 15 is 0 Å². The highest BCUT2D eigenvalue weighted by molar-refractivity contribution is 7.98. The largest absolute Gasteiger partial charge is 0.383 e. The van der Waals surface area contributed by atoms with E-state index in [1.165, 1.54) is 11.3 Å². The lowest BCUT2D eigenvalue weighted by atomic mass is 10.1. The van der Waals surface area contributed by atoms with Crippen LogP contribution in [0.2, 0.25) is 5.02 Å². The van der Waals surface area contributed by atoms with Crippen molar-refractivity contribution in [1.29, 1.82) is 0 Å². The van der Waals surface area contributed by atoms with Crippen LogP contribution in [0.1, 0.15) is 29.2 Å². The Morgan fingerprint density at radius 3 is 2.48 bits per heavy atom. The fraction of sp³-hybridized carbons (Fsp3) is 0.200. The third-order valence-corrected chi connectivity index (χ3v) is 6.08. The fourth-order valence-electron chi connectivity index (χ4n) is 2.42. The lowest BCUT2D eigenvalue weighted by Crippen LogP contribution is -2.14. The van der Waals surface area contributed by atoms with Gasteiger partial charge in [-0.25, -0.2) is 4.98 Å². The molecule has 0 aliphatic rings. The number of benzene rings is 2. The molecular formula is C20H19ClN2O2S2. The second-order valence-electron chi connectivity index (χ2n) is 6.47. The first-order chi connectivity index (χ1) is 12.8. The van der Waals surface area contributed by atoms with Crippen molar-refractivity contribution in [3.8, 4) is 11.3 Å². The van der Waals surface area contributed by atoms with Gasteiger partial charge in [0.15, 0.2) is 0 Å². The third kappa shape index (κ3) is 4.71. The van der Waals surface area contributed by atoms with Crippen LogP contribution in [0, 0.1) is 0 Å². The van der Waals surface area contributed by atoms with Crippen molar-refractivity contribution in [3.63, 3.8) is 0 Å². The Bertz CT molecular complexity index is 963. The zero-order valence-electron chi connectivity index (χ0n) is 15.1. The Balaban J connectivity index is 1.74. The van der Waals surface area contributed by atoms with Gasteiger partial charge in [0.25, 0.3) is 5.91 Å². The van der Waals surface area contributed by atoms with Crippen molar-refractivity contribution < 1.29 is 9.90 Å². The molecule has 140 valence electrons. The molecular weight excluding hydrogens is 400 g/mol. The summed E-state index contributed by atoms with van der Waals surface area (Å²) in [6, 6.07) is 12.8. The quantitative estimate of drug-likeness (QED) is 0.524. The van der Waals surface area contributed by atoms with E-state index in [0.29, 0.717) is 21.3 Å². The highest BCUT2D eigenvalue weighted by Crippen LogP contribution is 2.29. The number of halogens is 1. The maximum Gasteiger partial charge on any atom is 0.257 e. The summed E-state index contributed by atoms with van der Waals surface area (Å²) >= 11 is 9.21. The average Bonchev–Trinajstić information content (AvgIpc) is 3.12. The molecule has 2 aromatic carbocycles. The van der Waals surface area contributed by atoms with Crippen molar-refractivity contribution in [1.82, 2.24) is 4.98 Å². The molecule has 0 aliphatic carbocycles. The lowest BCUT2D eigenvalue weighted by molar-refractivity contribution is 0.0783. The summed E-state index contributed by atoms with van der Waals surface area (Å²) in [4.78, 5) is 18.0. The molecule has 2 N–H and O–H groups in total. The second-order valence-corrected chi connectivity index (χ2v) is 8.62. The average molecular weight is 419 g/mol. The first-order valence-electron chi connectivity index (χ1n) is 8.21. The van der Waals surface area contributed by atoms with E-state index in [-0.39, 0.29) is 5.91 Å². The Labute approximate surface area is 171 Å². The number of carbonyl (C=O) groups excluding carboxylic acids is 1. The van der Waals surface area contributed by atoms with E-state index in [1.54, 1.807) is 37.7 Å². The van der Waals surface area contributed by atoms with Crippen LogP contribution in [0.25, 0.3) is 11.3 Å². The van der Waals surface area contributed by atoms with E-state index in [2.05, 4.69) is 10.3 Å². The Morgan fingerprint density at radius 1 is 1.22 bits per heavy atom. The van der Waals surface area contributed by atoms with Gasteiger partial charge >= 0.3 is 0 Å². The van der Waals surface area contributed by atoms with Crippen LogP contribution in [-0.4, -0.2) is 22.3 Å². The van der Waals surface area contributed by atoms with Gasteiger partial charge in [-0.05, 0) is 50.4 Å². The molecule has 0 unspecified atom stereocenters. The molecule has 1 aromatic heterocycles. The number of amides is 1. The number of hydrogen-bond donors (Lipinski definition) is 2. The zero-order chi connectivity index (χ0) is 19.6. The molecule has 4 nitrogen and oxygen atoms in total. The van der Waals surface area contributed by atoms with Crippen molar-refractivity contribution in [2.75, 3.05) is 11.6 Å². The Morgan fingerprint density at radius 2 is 1.93 bits per heavy atom. The van der Waals surface area contributed by atoms with E-state index in [9.17, 15) is 9.90 Å². The van der Waals surface area contributed by atoms with Crippen LogP contribution in [0.5, 0.6) is 0 Å². The predicted molar refractivity (Wildman–Crippen MR) is 114 cm³/mol. The highest BCUT2D eigenvalue weighted by Gasteiger charge is 2.20. The predicted octanol–water partition coefficient (Wildman–Crippen LogP) is 5.67. The molecule has 27 heavy (non-hydrogen) atoms. The maximum atomic E-state index is 12.5. The van der Waals surface area contributed by atoms with Gasteiger partial charge in [-0.15, -0.1) is 23.1 Å². The number of aromatic nitrogens is 1. The molecule has 1 heterocycles. The molecule has 0 aliphatic heterocycles. The number of carbonyl (C=O) groups is 1. The van der Waals surface area contributed by atoms with E-state index in [0.717, 1.165) is 16.2 Å². The molecule has 1 amide bonds. The minimum Gasteiger partial charge on any atom is -0.383 e. The monoisotopic (exact) mass is 418 g/mol. The molecule has 7 heteroatoms. The van der Waals surface area contributed by atoms with Crippen LogP contribution < -0.4 is 5.32 Å². The van der Waals surface area contributed by atoms with Crippen LogP contribution in [0.4, 0.5) is 5.69 Å². The molecule has 0 saturated carbocycles. The summed E-state index contributed by atoms with van der Waals surface area (Å²) in [5.74, 6) is -0.252. The van der Waals surface area contributed by atoms with Crippen molar-refractivity contribution in [3.05, 3.63) is 63.4 Å². The summed E-state index contributed by atoms with van der Waals surface area (Å²) in [5, 5.41) is 15.9. The number of nitrogens with one attached hydrogen (secondary N) is 1. The molecule has 0 fully saturated rings. The summed E-state index contributed by atoms with van der Waals surface area (Å²) in [5.41, 5.74) is 1.87. The maximum absolute atomic E-state index is 12.5. The smallest absolute Gasteiger partial charge is 0.257 e. The highest BCUT2D eigenvalue weighted by atomic mass is 35.5.